The summed E-state index contributed by atoms with van der Waals surface area (Å²) in [7, 11) is 1.76. The van der Waals surface area contributed by atoms with Crippen molar-refractivity contribution in [2.75, 3.05) is 13.1 Å². The number of nitro benzene ring substituents is 1. The summed E-state index contributed by atoms with van der Waals surface area (Å²) in [5, 5.41) is 22.6. The molecule has 10 heteroatoms. The lowest BCUT2D eigenvalue weighted by molar-refractivity contribution is -0.387. The van der Waals surface area contributed by atoms with E-state index in [-0.39, 0.29) is 17.2 Å². The van der Waals surface area contributed by atoms with Crippen LogP contribution in [0.3, 0.4) is 0 Å². The number of nitrogens with zero attached hydrogens (tertiary/aromatic N) is 5. The van der Waals surface area contributed by atoms with Crippen molar-refractivity contribution < 1.29 is 9.72 Å². The molecule has 0 aliphatic carbocycles. The van der Waals surface area contributed by atoms with E-state index in [4.69, 9.17) is 0 Å². The first kappa shape index (κ1) is 23.4. The second-order valence-corrected chi connectivity index (χ2v) is 8.24. The molecule has 3 rings (SSSR count). The average molecular weight is 455 g/mol. The van der Waals surface area contributed by atoms with Crippen LogP contribution in [0.2, 0.25) is 0 Å². The van der Waals surface area contributed by atoms with Gasteiger partial charge in [-0.05, 0) is 48.1 Å². The number of nitro groups is 1. The zero-order chi connectivity index (χ0) is 23.1. The van der Waals surface area contributed by atoms with E-state index in [2.05, 4.69) is 46.4 Å². The molecule has 0 aliphatic rings. The zero-order valence-corrected chi connectivity index (χ0v) is 19.1. The summed E-state index contributed by atoms with van der Waals surface area (Å²) in [6.07, 6.45) is 1.52. The molecule has 0 unspecified atom stereocenters. The van der Waals surface area contributed by atoms with Gasteiger partial charge < -0.3 is 9.88 Å². The quantitative estimate of drug-likeness (QED) is 0.368. The lowest BCUT2D eigenvalue weighted by Crippen LogP contribution is -2.23. The predicted octanol–water partition coefficient (Wildman–Crippen LogP) is 3.65. The van der Waals surface area contributed by atoms with Gasteiger partial charge in [0.15, 0.2) is 5.16 Å². The van der Waals surface area contributed by atoms with Crippen molar-refractivity contribution in [3.05, 3.63) is 75.6 Å². The number of nitrogens with one attached hydrogen (secondary N) is 1. The topological polar surface area (TPSA) is 106 Å². The zero-order valence-electron chi connectivity index (χ0n) is 18.3. The van der Waals surface area contributed by atoms with E-state index in [1.54, 1.807) is 23.7 Å². The third-order valence-electron chi connectivity index (χ3n) is 5.07. The summed E-state index contributed by atoms with van der Waals surface area (Å²) in [6, 6.07) is 12.5. The Labute approximate surface area is 191 Å². The maximum absolute atomic E-state index is 12.6. The van der Waals surface area contributed by atoms with E-state index in [9.17, 15) is 14.9 Å². The second-order valence-electron chi connectivity index (χ2n) is 7.23. The molecule has 168 valence electrons. The summed E-state index contributed by atoms with van der Waals surface area (Å²) < 4.78 is 1.67. The largest absolute Gasteiger partial charge is 0.348 e. The summed E-state index contributed by atoms with van der Waals surface area (Å²) >= 11 is 1.13. The molecule has 32 heavy (non-hydrogen) atoms. The molecule has 0 spiro atoms. The van der Waals surface area contributed by atoms with E-state index in [1.165, 1.54) is 18.0 Å². The Balaban J connectivity index is 1.65. The molecule has 2 aromatic carbocycles. The van der Waals surface area contributed by atoms with Crippen molar-refractivity contribution in [2.45, 2.75) is 37.0 Å². The van der Waals surface area contributed by atoms with Crippen LogP contribution in [-0.4, -0.2) is 43.6 Å². The van der Waals surface area contributed by atoms with Crippen LogP contribution in [0.1, 0.15) is 35.3 Å². The molecule has 1 aromatic heterocycles. The minimum atomic E-state index is -0.496. The molecule has 3 aromatic rings. The third kappa shape index (κ3) is 5.92. The van der Waals surface area contributed by atoms with Crippen molar-refractivity contribution in [3.63, 3.8) is 0 Å². The Morgan fingerprint density at radius 2 is 1.84 bits per heavy atom. The van der Waals surface area contributed by atoms with Crippen molar-refractivity contribution in [1.82, 2.24) is 25.0 Å². The fraction of sp³-hybridized carbons (Fsp3) is 0.318. The Hall–Kier alpha value is -3.24. The van der Waals surface area contributed by atoms with Crippen molar-refractivity contribution in [3.8, 4) is 0 Å². The van der Waals surface area contributed by atoms with Crippen LogP contribution >= 0.6 is 11.8 Å². The molecular weight excluding hydrogens is 428 g/mol. The maximum atomic E-state index is 12.6. The number of carbonyl (C=O) groups is 1. The Bertz CT molecular complexity index is 1080. The second kappa shape index (κ2) is 10.9. The van der Waals surface area contributed by atoms with Crippen molar-refractivity contribution in [1.29, 1.82) is 0 Å². The van der Waals surface area contributed by atoms with E-state index in [0.717, 1.165) is 37.0 Å². The molecule has 1 heterocycles. The van der Waals surface area contributed by atoms with E-state index in [1.807, 2.05) is 12.1 Å². The lowest BCUT2D eigenvalue weighted by atomic mass is 10.1. The number of hydrogen-bond donors (Lipinski definition) is 1. The minimum absolute atomic E-state index is 0.147. The van der Waals surface area contributed by atoms with Gasteiger partial charge in [-0.1, -0.05) is 38.1 Å². The Morgan fingerprint density at radius 1 is 1.16 bits per heavy atom. The molecular formula is C22H26N6O3S. The Kier molecular flexibility index (Phi) is 7.96. The molecule has 1 N–H and O–H groups in total. The highest BCUT2D eigenvalue weighted by Gasteiger charge is 2.20. The van der Waals surface area contributed by atoms with Gasteiger partial charge in [0, 0.05) is 31.8 Å². The molecule has 0 saturated carbocycles. The molecule has 0 bridgehead atoms. The Morgan fingerprint density at radius 3 is 2.44 bits per heavy atom. The van der Waals surface area contributed by atoms with Crippen molar-refractivity contribution in [2.24, 2.45) is 7.05 Å². The van der Waals surface area contributed by atoms with Crippen LogP contribution in [0, 0.1) is 10.1 Å². The summed E-state index contributed by atoms with van der Waals surface area (Å²) in [5.74, 6) is -0.365. The highest BCUT2D eigenvalue weighted by atomic mass is 32.2. The molecule has 0 aliphatic heterocycles. The van der Waals surface area contributed by atoms with Crippen LogP contribution in [0.25, 0.3) is 0 Å². The van der Waals surface area contributed by atoms with Crippen LogP contribution in [0.4, 0.5) is 5.69 Å². The molecule has 9 nitrogen and oxygen atoms in total. The average Bonchev–Trinajstić information content (AvgIpc) is 3.20. The van der Waals surface area contributed by atoms with Crippen LogP contribution in [-0.2, 0) is 20.1 Å². The number of aromatic nitrogens is 3. The minimum Gasteiger partial charge on any atom is -0.348 e. The predicted molar refractivity (Wildman–Crippen MR) is 122 cm³/mol. The van der Waals surface area contributed by atoms with Gasteiger partial charge in [0.2, 0.25) is 0 Å². The number of aryl methyl sites for hydroxylation is 1. The molecule has 0 radical (unpaired) electrons. The lowest BCUT2D eigenvalue weighted by Gasteiger charge is -2.18. The number of rotatable bonds is 10. The van der Waals surface area contributed by atoms with Gasteiger partial charge in [-0.2, -0.15) is 0 Å². The van der Waals surface area contributed by atoms with Gasteiger partial charge >= 0.3 is 0 Å². The fourth-order valence-electron chi connectivity index (χ4n) is 3.10. The number of amides is 1. The monoisotopic (exact) mass is 454 g/mol. The molecule has 0 atom stereocenters. The van der Waals surface area contributed by atoms with E-state index in [0.29, 0.717) is 16.6 Å². The van der Waals surface area contributed by atoms with Gasteiger partial charge in [-0.25, -0.2) is 0 Å². The summed E-state index contributed by atoms with van der Waals surface area (Å²) in [6.45, 7) is 7.50. The van der Waals surface area contributed by atoms with Gasteiger partial charge in [0.1, 0.15) is 6.33 Å². The van der Waals surface area contributed by atoms with E-state index < -0.39 is 4.92 Å². The van der Waals surface area contributed by atoms with E-state index >= 15 is 0 Å². The van der Waals surface area contributed by atoms with Crippen LogP contribution in [0.5, 0.6) is 0 Å². The van der Waals surface area contributed by atoms with Gasteiger partial charge in [0.05, 0.1) is 9.82 Å². The fourth-order valence-corrected chi connectivity index (χ4v) is 3.95. The third-order valence-corrected chi connectivity index (χ3v) is 6.18. The number of carbonyl (C=O) groups excluding carboxylic acids is 1. The van der Waals surface area contributed by atoms with Gasteiger partial charge in [-0.15, -0.1) is 10.2 Å². The SMILES string of the molecule is CCN(CC)Cc1ccc(CNC(=O)c2ccc(Sc3nncn3C)c([N+](=O)[O-])c2)cc1. The molecule has 0 saturated heterocycles. The first-order valence-electron chi connectivity index (χ1n) is 10.3. The van der Waals surface area contributed by atoms with Gasteiger partial charge in [-0.3, -0.25) is 19.8 Å². The highest BCUT2D eigenvalue weighted by molar-refractivity contribution is 7.99. The highest BCUT2D eigenvalue weighted by Crippen LogP contribution is 2.34. The van der Waals surface area contributed by atoms with Crippen LogP contribution < -0.4 is 5.32 Å². The van der Waals surface area contributed by atoms with Crippen LogP contribution in [0.15, 0.2) is 58.8 Å². The van der Waals surface area contributed by atoms with Gasteiger partial charge in [0.25, 0.3) is 11.6 Å². The summed E-state index contributed by atoms with van der Waals surface area (Å²) in [5.41, 5.74) is 2.27. The smallest absolute Gasteiger partial charge is 0.284 e. The first-order chi connectivity index (χ1) is 15.4. The molecule has 0 fully saturated rings. The summed E-state index contributed by atoms with van der Waals surface area (Å²) in [4.78, 5) is 26.4. The first-order valence-corrected chi connectivity index (χ1v) is 11.1. The maximum Gasteiger partial charge on any atom is 0.284 e. The standard InChI is InChI=1S/C22H26N6O3S/c1-4-27(5-2)14-17-8-6-16(7-9-17)13-23-21(29)18-10-11-20(19(12-18)28(30)31)32-22-25-24-15-26(22)3/h6-12,15H,4-5,13-14H2,1-3H3,(H,23,29). The number of benzene rings is 2. The number of hydrogen-bond acceptors (Lipinski definition) is 7. The van der Waals surface area contributed by atoms with Crippen molar-refractivity contribution >= 4 is 23.4 Å². The molecule has 1 amide bonds. The normalized spacial score (nSPS) is 11.0.